The third-order valence-corrected chi connectivity index (χ3v) is 4.79. The lowest BCUT2D eigenvalue weighted by Gasteiger charge is -2.17. The van der Waals surface area contributed by atoms with Crippen LogP contribution in [0, 0.1) is 6.92 Å². The number of nitrogens with one attached hydrogen (secondary N) is 1. The number of H-pyrrole nitrogens is 1. The molecule has 0 spiro atoms. The van der Waals surface area contributed by atoms with Gasteiger partial charge >= 0.3 is 0 Å². The van der Waals surface area contributed by atoms with Crippen LogP contribution in [0.2, 0.25) is 0 Å². The average Bonchev–Trinajstić information content (AvgIpc) is 2.60. The largest absolute Gasteiger partial charge is 0.322 e. The third kappa shape index (κ3) is 3.76. The van der Waals surface area contributed by atoms with Crippen LogP contribution < -0.4 is 5.56 Å². The normalized spacial score (nSPS) is 12.4. The van der Waals surface area contributed by atoms with Gasteiger partial charge in [0.15, 0.2) is 0 Å². The average molecular weight is 319 g/mol. The van der Waals surface area contributed by atoms with Crippen molar-refractivity contribution in [2.45, 2.75) is 45.4 Å². The molecule has 2 aromatic carbocycles. The monoisotopic (exact) mass is 319 g/mol. The van der Waals surface area contributed by atoms with E-state index in [-0.39, 0.29) is 5.56 Å². The summed E-state index contributed by atoms with van der Waals surface area (Å²) in [6.07, 6.45) is 4.64. The Morgan fingerprint density at radius 3 is 2.54 bits per heavy atom. The fraction of sp³-hybridized carbons (Fsp3) is 0.318. The molecular weight excluding hydrogens is 294 g/mol. The molecule has 2 heteroatoms. The van der Waals surface area contributed by atoms with Crippen LogP contribution in [0.3, 0.4) is 0 Å². The van der Waals surface area contributed by atoms with E-state index in [9.17, 15) is 4.79 Å². The van der Waals surface area contributed by atoms with Crippen LogP contribution in [0.5, 0.6) is 0 Å². The quantitative estimate of drug-likeness (QED) is 0.652. The highest BCUT2D eigenvalue weighted by atomic mass is 16.1. The lowest BCUT2D eigenvalue weighted by atomic mass is 9.88. The van der Waals surface area contributed by atoms with E-state index in [4.69, 9.17) is 0 Å². The van der Waals surface area contributed by atoms with Crippen molar-refractivity contribution < 1.29 is 0 Å². The van der Waals surface area contributed by atoms with Crippen molar-refractivity contribution in [3.63, 3.8) is 0 Å². The first kappa shape index (κ1) is 16.5. The number of hydrogen-bond donors (Lipinski definition) is 1. The summed E-state index contributed by atoms with van der Waals surface area (Å²) < 4.78 is 0. The molecule has 0 saturated carbocycles. The maximum atomic E-state index is 11.8. The molecule has 1 aromatic heterocycles. The van der Waals surface area contributed by atoms with Gasteiger partial charge in [0.1, 0.15) is 0 Å². The van der Waals surface area contributed by atoms with E-state index >= 15 is 0 Å². The van der Waals surface area contributed by atoms with E-state index in [0.717, 1.165) is 29.3 Å². The first-order chi connectivity index (χ1) is 11.7. The van der Waals surface area contributed by atoms with Gasteiger partial charge in [0, 0.05) is 11.1 Å². The summed E-state index contributed by atoms with van der Waals surface area (Å²) in [6.45, 7) is 4.11. The molecular formula is C22H25NO. The molecule has 0 aliphatic heterocycles. The Morgan fingerprint density at radius 2 is 1.79 bits per heavy atom. The van der Waals surface area contributed by atoms with Crippen LogP contribution in [0.1, 0.15) is 48.8 Å². The zero-order chi connectivity index (χ0) is 16.9. The first-order valence-corrected chi connectivity index (χ1v) is 8.85. The molecule has 0 radical (unpaired) electrons. The third-order valence-electron chi connectivity index (χ3n) is 4.79. The Hall–Kier alpha value is -2.35. The van der Waals surface area contributed by atoms with E-state index in [1.807, 2.05) is 13.0 Å². The predicted octanol–water partition coefficient (Wildman–Crippen LogP) is 5.35. The van der Waals surface area contributed by atoms with E-state index in [1.165, 1.54) is 24.0 Å². The topological polar surface area (TPSA) is 32.9 Å². The molecule has 0 bridgehead atoms. The van der Waals surface area contributed by atoms with Gasteiger partial charge in [0.05, 0.1) is 0 Å². The number of aromatic nitrogens is 1. The minimum absolute atomic E-state index is 0.00411. The molecule has 0 fully saturated rings. The van der Waals surface area contributed by atoms with Crippen molar-refractivity contribution in [3.05, 3.63) is 81.6 Å². The number of benzene rings is 2. The molecule has 3 aromatic rings. The van der Waals surface area contributed by atoms with Gasteiger partial charge in [-0.15, -0.1) is 0 Å². The van der Waals surface area contributed by atoms with Gasteiger partial charge in [0.2, 0.25) is 0 Å². The van der Waals surface area contributed by atoms with Crippen molar-refractivity contribution in [2.24, 2.45) is 0 Å². The number of pyridine rings is 1. The van der Waals surface area contributed by atoms with Gasteiger partial charge in [-0.25, -0.2) is 0 Å². The van der Waals surface area contributed by atoms with E-state index in [2.05, 4.69) is 60.4 Å². The van der Waals surface area contributed by atoms with Crippen molar-refractivity contribution >= 4 is 10.9 Å². The second-order valence-electron chi connectivity index (χ2n) is 6.64. The maximum Gasteiger partial charge on any atom is 0.251 e. The van der Waals surface area contributed by atoms with Crippen molar-refractivity contribution in [1.82, 2.24) is 4.98 Å². The molecule has 0 amide bonds. The van der Waals surface area contributed by atoms with Gasteiger partial charge in [0.25, 0.3) is 5.56 Å². The van der Waals surface area contributed by atoms with Crippen LogP contribution in [-0.4, -0.2) is 4.98 Å². The zero-order valence-corrected chi connectivity index (χ0v) is 14.5. The van der Waals surface area contributed by atoms with E-state index < -0.39 is 0 Å². The van der Waals surface area contributed by atoms with Crippen molar-refractivity contribution in [1.29, 1.82) is 0 Å². The molecule has 1 heterocycles. The Kier molecular flexibility index (Phi) is 5.14. The Balaban J connectivity index is 1.86. The Morgan fingerprint density at radius 1 is 1.00 bits per heavy atom. The summed E-state index contributed by atoms with van der Waals surface area (Å²) in [4.78, 5) is 14.7. The molecule has 0 aliphatic carbocycles. The highest BCUT2D eigenvalue weighted by molar-refractivity contribution is 5.79. The highest BCUT2D eigenvalue weighted by Gasteiger charge is 2.12. The van der Waals surface area contributed by atoms with E-state index in [1.54, 1.807) is 0 Å². The number of rotatable bonds is 6. The minimum atomic E-state index is 0.00411. The lowest BCUT2D eigenvalue weighted by molar-refractivity contribution is 0.569. The van der Waals surface area contributed by atoms with Crippen LogP contribution in [0.4, 0.5) is 0 Å². The van der Waals surface area contributed by atoms with Crippen LogP contribution in [-0.2, 0) is 6.42 Å². The summed E-state index contributed by atoms with van der Waals surface area (Å²) in [5.41, 5.74) is 4.49. The van der Waals surface area contributed by atoms with Gasteiger partial charge in [-0.2, -0.15) is 0 Å². The lowest BCUT2D eigenvalue weighted by Crippen LogP contribution is -2.09. The molecule has 2 nitrogen and oxygen atoms in total. The number of hydrogen-bond acceptors (Lipinski definition) is 1. The minimum Gasteiger partial charge on any atom is -0.322 e. The van der Waals surface area contributed by atoms with E-state index in [0.29, 0.717) is 5.92 Å². The summed E-state index contributed by atoms with van der Waals surface area (Å²) in [7, 11) is 0. The van der Waals surface area contributed by atoms with Gasteiger partial charge < -0.3 is 4.98 Å². The molecule has 1 atom stereocenters. The van der Waals surface area contributed by atoms with Crippen molar-refractivity contribution in [3.8, 4) is 0 Å². The molecule has 1 unspecified atom stereocenters. The number of aromatic amines is 1. The first-order valence-electron chi connectivity index (χ1n) is 8.85. The molecule has 0 saturated heterocycles. The second kappa shape index (κ2) is 7.48. The summed E-state index contributed by atoms with van der Waals surface area (Å²) in [6, 6.07) is 19.2. The summed E-state index contributed by atoms with van der Waals surface area (Å²) in [5, 5.41) is 1.13. The summed E-state index contributed by atoms with van der Waals surface area (Å²) in [5.74, 6) is 0.562. The van der Waals surface area contributed by atoms with Gasteiger partial charge in [-0.05, 0) is 66.8 Å². The van der Waals surface area contributed by atoms with Gasteiger partial charge in [-0.3, -0.25) is 4.79 Å². The second-order valence-corrected chi connectivity index (χ2v) is 6.64. The van der Waals surface area contributed by atoms with Crippen LogP contribution >= 0.6 is 0 Å². The smallest absolute Gasteiger partial charge is 0.251 e. The van der Waals surface area contributed by atoms with Crippen LogP contribution in [0.15, 0.2) is 59.4 Å². The standard InChI is InChI=1S/C22H25NO/c1-3-7-18(11-10-17-8-5-4-6-9-17)19-12-13-21-20(15-19)14-16(2)22(24)23-21/h4-6,8-9,12-15,18H,3,7,10-11H2,1-2H3,(H,23,24). The SMILES string of the molecule is CCCC(CCc1ccccc1)c1ccc2[nH]c(=O)c(C)cc2c1. The highest BCUT2D eigenvalue weighted by Crippen LogP contribution is 2.28. The molecule has 3 rings (SSSR count). The van der Waals surface area contributed by atoms with Crippen molar-refractivity contribution in [2.75, 3.05) is 0 Å². The molecule has 124 valence electrons. The molecule has 24 heavy (non-hydrogen) atoms. The Labute approximate surface area is 143 Å². The number of fused-ring (bicyclic) bond motifs is 1. The fourth-order valence-electron chi connectivity index (χ4n) is 3.40. The molecule has 0 aliphatic rings. The van der Waals surface area contributed by atoms with Gasteiger partial charge in [-0.1, -0.05) is 49.7 Å². The van der Waals surface area contributed by atoms with Crippen LogP contribution in [0.25, 0.3) is 10.9 Å². The summed E-state index contributed by atoms with van der Waals surface area (Å²) >= 11 is 0. The Bertz CT molecular complexity index is 864. The number of aryl methyl sites for hydroxylation is 2. The fourth-order valence-corrected chi connectivity index (χ4v) is 3.40. The maximum absolute atomic E-state index is 11.8. The predicted molar refractivity (Wildman–Crippen MR) is 102 cm³/mol. The molecule has 1 N–H and O–H groups in total. The zero-order valence-electron chi connectivity index (χ0n) is 14.5.